The van der Waals surface area contributed by atoms with Gasteiger partial charge in [-0.25, -0.2) is 4.39 Å². The molecular weight excluding hydrogens is 267 g/mol. The van der Waals surface area contributed by atoms with Crippen LogP contribution in [0.2, 0.25) is 0 Å². The zero-order chi connectivity index (χ0) is 15.2. The summed E-state index contributed by atoms with van der Waals surface area (Å²) in [6.07, 6.45) is 0.939. The Morgan fingerprint density at radius 1 is 1.29 bits per heavy atom. The fraction of sp³-hybridized carbons (Fsp3) is 0.176. The van der Waals surface area contributed by atoms with Crippen LogP contribution in [0.5, 0.6) is 0 Å². The summed E-state index contributed by atoms with van der Waals surface area (Å²) in [6, 6.07) is 13.5. The molecular formula is C17H15FN2O. The summed E-state index contributed by atoms with van der Waals surface area (Å²) in [5.74, 6) is -0.689. The van der Waals surface area contributed by atoms with Crippen LogP contribution in [0.25, 0.3) is 0 Å². The lowest BCUT2D eigenvalue weighted by atomic mass is 10.0. The van der Waals surface area contributed by atoms with Crippen molar-refractivity contribution in [2.24, 2.45) is 0 Å². The fourth-order valence-corrected chi connectivity index (χ4v) is 2.07. The number of halogens is 1. The maximum atomic E-state index is 13.0. The monoisotopic (exact) mass is 282 g/mol. The molecule has 106 valence electrons. The Balaban J connectivity index is 2.00. The van der Waals surface area contributed by atoms with Gasteiger partial charge in [-0.15, -0.1) is 0 Å². The van der Waals surface area contributed by atoms with E-state index in [9.17, 15) is 9.18 Å². The Labute approximate surface area is 123 Å². The smallest absolute Gasteiger partial charge is 0.224 e. The molecule has 2 aromatic carbocycles. The van der Waals surface area contributed by atoms with E-state index in [1.807, 2.05) is 37.3 Å². The van der Waals surface area contributed by atoms with Crippen LogP contribution in [-0.4, -0.2) is 5.91 Å². The van der Waals surface area contributed by atoms with Crippen molar-refractivity contribution >= 4 is 11.6 Å². The van der Waals surface area contributed by atoms with Gasteiger partial charge in [-0.2, -0.15) is 5.26 Å². The number of carbonyl (C=O) groups excluding carboxylic acids is 1. The molecule has 0 atom stereocenters. The van der Waals surface area contributed by atoms with Crippen LogP contribution in [-0.2, 0) is 11.2 Å². The number of benzene rings is 2. The van der Waals surface area contributed by atoms with Gasteiger partial charge in [0.2, 0.25) is 5.91 Å². The number of nitrogens with zero attached hydrogens (tertiary/aromatic N) is 1. The largest absolute Gasteiger partial charge is 0.325 e. The normalized spacial score (nSPS) is 9.95. The summed E-state index contributed by atoms with van der Waals surface area (Å²) in [5.41, 5.74) is 2.73. The minimum Gasteiger partial charge on any atom is -0.325 e. The third kappa shape index (κ3) is 3.90. The first-order valence-electron chi connectivity index (χ1n) is 6.64. The van der Waals surface area contributed by atoms with E-state index in [0.717, 1.165) is 17.2 Å². The van der Waals surface area contributed by atoms with Crippen molar-refractivity contribution in [1.82, 2.24) is 0 Å². The van der Waals surface area contributed by atoms with E-state index < -0.39 is 5.82 Å². The molecule has 2 rings (SSSR count). The molecule has 0 radical (unpaired) electrons. The van der Waals surface area contributed by atoms with Gasteiger partial charge >= 0.3 is 0 Å². The molecule has 0 heterocycles. The van der Waals surface area contributed by atoms with Gasteiger partial charge in [-0.1, -0.05) is 24.3 Å². The van der Waals surface area contributed by atoms with Gasteiger partial charge < -0.3 is 5.32 Å². The maximum absolute atomic E-state index is 13.0. The third-order valence-electron chi connectivity index (χ3n) is 3.26. The van der Waals surface area contributed by atoms with Crippen LogP contribution in [0.4, 0.5) is 10.1 Å². The lowest BCUT2D eigenvalue weighted by Gasteiger charge is -2.08. The molecule has 0 aliphatic carbocycles. The fourth-order valence-electron chi connectivity index (χ4n) is 2.07. The minimum atomic E-state index is -0.496. The number of hydrogen-bond acceptors (Lipinski definition) is 2. The highest BCUT2D eigenvalue weighted by Crippen LogP contribution is 2.17. The number of hydrogen-bond donors (Lipinski definition) is 1. The summed E-state index contributed by atoms with van der Waals surface area (Å²) >= 11 is 0. The van der Waals surface area contributed by atoms with E-state index in [-0.39, 0.29) is 11.5 Å². The zero-order valence-corrected chi connectivity index (χ0v) is 11.7. The van der Waals surface area contributed by atoms with Crippen molar-refractivity contribution in [3.05, 3.63) is 65.0 Å². The van der Waals surface area contributed by atoms with Gasteiger partial charge in [0.25, 0.3) is 0 Å². The van der Waals surface area contributed by atoms with Gasteiger partial charge in [0.05, 0.1) is 11.3 Å². The summed E-state index contributed by atoms with van der Waals surface area (Å²) in [7, 11) is 0. The first-order chi connectivity index (χ1) is 10.1. The van der Waals surface area contributed by atoms with Crippen LogP contribution in [0.1, 0.15) is 23.1 Å². The van der Waals surface area contributed by atoms with Crippen molar-refractivity contribution in [3.8, 4) is 6.07 Å². The SMILES string of the molecule is Cc1ccccc1CCC(=O)Nc1ccc(F)cc1C#N. The van der Waals surface area contributed by atoms with E-state index >= 15 is 0 Å². The summed E-state index contributed by atoms with van der Waals surface area (Å²) in [6.45, 7) is 2.00. The predicted octanol–water partition coefficient (Wildman–Crippen LogP) is 3.58. The Morgan fingerprint density at radius 2 is 2.05 bits per heavy atom. The van der Waals surface area contributed by atoms with Gasteiger partial charge in [0.15, 0.2) is 0 Å². The maximum Gasteiger partial charge on any atom is 0.224 e. The number of amides is 1. The molecule has 1 amide bonds. The first kappa shape index (κ1) is 14.7. The summed E-state index contributed by atoms with van der Waals surface area (Å²) in [5, 5.41) is 11.6. The molecule has 0 aliphatic heterocycles. The topological polar surface area (TPSA) is 52.9 Å². The van der Waals surface area contributed by atoms with Crippen molar-refractivity contribution < 1.29 is 9.18 Å². The van der Waals surface area contributed by atoms with Crippen LogP contribution in [0.3, 0.4) is 0 Å². The molecule has 21 heavy (non-hydrogen) atoms. The quantitative estimate of drug-likeness (QED) is 0.932. The summed E-state index contributed by atoms with van der Waals surface area (Å²) in [4.78, 5) is 11.9. The molecule has 0 bridgehead atoms. The Bertz CT molecular complexity index is 704. The molecule has 0 aromatic heterocycles. The molecule has 0 aliphatic rings. The van der Waals surface area contributed by atoms with Crippen LogP contribution >= 0.6 is 0 Å². The second-order valence-corrected chi connectivity index (χ2v) is 4.78. The average Bonchev–Trinajstić information content (AvgIpc) is 2.48. The molecule has 1 N–H and O–H groups in total. The first-order valence-corrected chi connectivity index (χ1v) is 6.64. The molecule has 0 spiro atoms. The van der Waals surface area contributed by atoms with E-state index in [1.165, 1.54) is 12.1 Å². The van der Waals surface area contributed by atoms with Crippen LogP contribution in [0, 0.1) is 24.1 Å². The van der Waals surface area contributed by atoms with Crippen LogP contribution in [0.15, 0.2) is 42.5 Å². The van der Waals surface area contributed by atoms with E-state index in [4.69, 9.17) is 5.26 Å². The highest BCUT2D eigenvalue weighted by Gasteiger charge is 2.08. The second-order valence-electron chi connectivity index (χ2n) is 4.78. The van der Waals surface area contributed by atoms with Crippen molar-refractivity contribution in [2.45, 2.75) is 19.8 Å². The highest BCUT2D eigenvalue weighted by molar-refractivity contribution is 5.92. The van der Waals surface area contributed by atoms with E-state index in [0.29, 0.717) is 18.5 Å². The molecule has 0 unspecified atom stereocenters. The highest BCUT2D eigenvalue weighted by atomic mass is 19.1. The van der Waals surface area contributed by atoms with Gasteiger partial charge in [0.1, 0.15) is 11.9 Å². The standard InChI is InChI=1S/C17H15FN2O/c1-12-4-2-3-5-13(12)6-9-17(21)20-16-8-7-15(18)10-14(16)11-19/h2-5,7-8,10H,6,9H2,1H3,(H,20,21). The number of anilines is 1. The summed E-state index contributed by atoms with van der Waals surface area (Å²) < 4.78 is 13.0. The van der Waals surface area contributed by atoms with Crippen molar-refractivity contribution in [3.63, 3.8) is 0 Å². The second kappa shape index (κ2) is 6.67. The minimum absolute atomic E-state index is 0.124. The molecule has 4 heteroatoms. The molecule has 0 fully saturated rings. The van der Waals surface area contributed by atoms with Crippen molar-refractivity contribution in [2.75, 3.05) is 5.32 Å². The molecule has 0 saturated carbocycles. The van der Waals surface area contributed by atoms with E-state index in [1.54, 1.807) is 0 Å². The van der Waals surface area contributed by atoms with Gasteiger partial charge in [0, 0.05) is 6.42 Å². The predicted molar refractivity (Wildman–Crippen MR) is 79.2 cm³/mol. The average molecular weight is 282 g/mol. The number of nitriles is 1. The number of rotatable bonds is 4. The van der Waals surface area contributed by atoms with Crippen LogP contribution < -0.4 is 5.32 Å². The van der Waals surface area contributed by atoms with E-state index in [2.05, 4.69) is 5.32 Å². The van der Waals surface area contributed by atoms with Gasteiger partial charge in [-0.3, -0.25) is 4.79 Å². The molecule has 2 aromatic rings. The molecule has 0 saturated heterocycles. The number of carbonyl (C=O) groups is 1. The Morgan fingerprint density at radius 3 is 2.76 bits per heavy atom. The van der Waals surface area contributed by atoms with Gasteiger partial charge in [-0.05, 0) is 42.7 Å². The number of nitrogens with one attached hydrogen (secondary N) is 1. The zero-order valence-electron chi connectivity index (χ0n) is 11.7. The number of aryl methyl sites for hydroxylation is 2. The third-order valence-corrected chi connectivity index (χ3v) is 3.26. The lowest BCUT2D eigenvalue weighted by Crippen LogP contribution is -2.13. The molecule has 3 nitrogen and oxygen atoms in total. The lowest BCUT2D eigenvalue weighted by molar-refractivity contribution is -0.116. The Kier molecular flexibility index (Phi) is 4.68. The Hall–Kier alpha value is -2.67. The van der Waals surface area contributed by atoms with Crippen molar-refractivity contribution in [1.29, 1.82) is 5.26 Å².